The number of alkyl halides is 5. The number of hydrogen-bond donors (Lipinski definition) is 2. The smallest absolute Gasteiger partial charge is 0.443 e. The lowest BCUT2D eigenvalue weighted by Crippen LogP contribution is -2.60. The summed E-state index contributed by atoms with van der Waals surface area (Å²) in [5.74, 6) is -16.0. The van der Waals surface area contributed by atoms with Crippen molar-refractivity contribution in [3.05, 3.63) is 12.2 Å². The molecule has 5 aliphatic rings. The van der Waals surface area contributed by atoms with Gasteiger partial charge in [0.25, 0.3) is 5.79 Å². The molecule has 0 aromatic carbocycles. The van der Waals surface area contributed by atoms with Crippen molar-refractivity contribution in [2.75, 3.05) is 13.2 Å². The van der Waals surface area contributed by atoms with E-state index < -0.39 is 126 Å². The van der Waals surface area contributed by atoms with E-state index in [0.29, 0.717) is 6.42 Å². The molecule has 0 aromatic rings. The molecule has 11 unspecified atom stereocenters. The minimum absolute atomic E-state index is 0.0872. The van der Waals surface area contributed by atoms with Crippen molar-refractivity contribution in [2.45, 2.75) is 139 Å². The number of hydrogen-bond acceptors (Lipinski definition) is 12. The third-order valence-corrected chi connectivity index (χ3v) is 10.7. The van der Waals surface area contributed by atoms with Gasteiger partial charge in [0.2, 0.25) is 5.79 Å². The van der Waals surface area contributed by atoms with E-state index in [-0.39, 0.29) is 12.0 Å². The first kappa shape index (κ1) is 38.8. The second-order valence-electron chi connectivity index (χ2n) is 16.1. The van der Waals surface area contributed by atoms with E-state index in [2.05, 4.69) is 6.58 Å². The zero-order valence-corrected chi connectivity index (χ0v) is 29.2. The summed E-state index contributed by atoms with van der Waals surface area (Å²) < 4.78 is 111. The van der Waals surface area contributed by atoms with Gasteiger partial charge in [-0.1, -0.05) is 6.58 Å². The summed E-state index contributed by atoms with van der Waals surface area (Å²) in [7, 11) is 0. The van der Waals surface area contributed by atoms with Gasteiger partial charge in [0.15, 0.2) is 5.60 Å². The second-order valence-corrected chi connectivity index (χ2v) is 16.1. The first-order valence-electron chi connectivity index (χ1n) is 16.3. The Morgan fingerprint density at radius 2 is 1.64 bits per heavy atom. The normalized spacial score (nSPS) is 41.3. The van der Waals surface area contributed by atoms with Crippen molar-refractivity contribution in [3.8, 4) is 0 Å². The van der Waals surface area contributed by atoms with Crippen LogP contribution in [0.4, 0.5) is 22.0 Å². The highest BCUT2D eigenvalue weighted by Crippen LogP contribution is 2.59. The number of fused-ring (bicyclic) bond motifs is 1. The van der Waals surface area contributed by atoms with Gasteiger partial charge in [-0.25, -0.2) is 4.79 Å². The molecule has 284 valence electrons. The fourth-order valence-electron chi connectivity index (χ4n) is 8.31. The molecule has 5 rings (SSSR count). The minimum Gasteiger partial charge on any atom is -0.459 e. The maximum Gasteiger partial charge on any atom is 0.443 e. The summed E-state index contributed by atoms with van der Waals surface area (Å²) in [6, 6.07) is 0. The number of esters is 3. The molecular weight excluding hydrogens is 683 g/mol. The monoisotopic (exact) mass is 728 g/mol. The molecule has 0 amide bonds. The average molecular weight is 729 g/mol. The zero-order chi connectivity index (χ0) is 37.8. The predicted octanol–water partition coefficient (Wildman–Crippen LogP) is 3.74. The first-order valence-corrected chi connectivity index (χ1v) is 16.3. The van der Waals surface area contributed by atoms with E-state index in [1.807, 2.05) is 0 Å². The van der Waals surface area contributed by atoms with Crippen molar-refractivity contribution >= 4 is 17.9 Å². The standard InChI is InChI=1S/C33H45F5O12/c1-15(2)23(39)47-21-16-10-17-20(25(41)48-22(17)21)19(16)24(40)46-18(27(5,6)50-29(8)14-44-30(9,42)32(29,34)35)11-26(3,4)49-28(7)12-31(43,45-13-28)33(36,37)38/h16-22,42-43H,1,10-14H2,2-9H3. The summed E-state index contributed by atoms with van der Waals surface area (Å²) in [5, 5.41) is 20.4. The Kier molecular flexibility index (Phi) is 9.14. The van der Waals surface area contributed by atoms with Gasteiger partial charge in [-0.2, -0.15) is 22.0 Å². The highest BCUT2D eigenvalue weighted by atomic mass is 19.4. The molecule has 50 heavy (non-hydrogen) atoms. The highest BCUT2D eigenvalue weighted by Gasteiger charge is 2.72. The Bertz CT molecular complexity index is 1430. The van der Waals surface area contributed by atoms with Crippen molar-refractivity contribution in [1.82, 2.24) is 0 Å². The van der Waals surface area contributed by atoms with Crippen LogP contribution in [0.5, 0.6) is 0 Å². The highest BCUT2D eigenvalue weighted by molar-refractivity contribution is 5.88. The van der Waals surface area contributed by atoms with Gasteiger partial charge in [-0.3, -0.25) is 9.59 Å². The van der Waals surface area contributed by atoms with E-state index in [1.165, 1.54) is 41.5 Å². The number of carbonyl (C=O) groups excluding carboxylic acids is 3. The number of ether oxygens (including phenoxy) is 7. The quantitative estimate of drug-likeness (QED) is 0.138. The molecule has 11 atom stereocenters. The van der Waals surface area contributed by atoms with Crippen LogP contribution in [0.3, 0.4) is 0 Å². The predicted molar refractivity (Wildman–Crippen MR) is 158 cm³/mol. The zero-order valence-electron chi connectivity index (χ0n) is 29.2. The molecule has 0 radical (unpaired) electrons. The average Bonchev–Trinajstić information content (AvgIpc) is 3.67. The van der Waals surface area contributed by atoms with E-state index >= 15 is 8.78 Å². The van der Waals surface area contributed by atoms with Crippen LogP contribution >= 0.6 is 0 Å². The van der Waals surface area contributed by atoms with Crippen LogP contribution in [0.15, 0.2) is 12.2 Å². The van der Waals surface area contributed by atoms with E-state index in [0.717, 1.165) is 13.8 Å². The van der Waals surface area contributed by atoms with Gasteiger partial charge in [-0.05, 0) is 61.8 Å². The summed E-state index contributed by atoms with van der Waals surface area (Å²) >= 11 is 0. The Balaban J connectivity index is 1.44. The lowest BCUT2D eigenvalue weighted by molar-refractivity contribution is -0.349. The van der Waals surface area contributed by atoms with E-state index in [4.69, 9.17) is 33.2 Å². The van der Waals surface area contributed by atoms with Crippen molar-refractivity contribution in [2.24, 2.45) is 23.7 Å². The van der Waals surface area contributed by atoms with Gasteiger partial charge >= 0.3 is 30.0 Å². The lowest BCUT2D eigenvalue weighted by atomic mass is 9.78. The Labute approximate surface area is 285 Å². The topological polar surface area (TPSA) is 156 Å². The molecular formula is C33H45F5O12. The molecule has 17 heteroatoms. The van der Waals surface area contributed by atoms with Crippen LogP contribution in [-0.4, -0.2) is 106 Å². The van der Waals surface area contributed by atoms with Crippen molar-refractivity contribution in [3.63, 3.8) is 0 Å². The van der Waals surface area contributed by atoms with Crippen LogP contribution in [0.2, 0.25) is 0 Å². The minimum atomic E-state index is -5.13. The molecule has 2 aliphatic carbocycles. The molecule has 2 N–H and O–H groups in total. The Morgan fingerprint density at radius 3 is 2.16 bits per heavy atom. The van der Waals surface area contributed by atoms with E-state index in [9.17, 15) is 37.8 Å². The van der Waals surface area contributed by atoms with Crippen LogP contribution in [0.1, 0.15) is 74.7 Å². The van der Waals surface area contributed by atoms with Gasteiger partial charge in [0.05, 0.1) is 36.3 Å². The fourth-order valence-corrected chi connectivity index (χ4v) is 8.31. The lowest BCUT2D eigenvalue weighted by Gasteiger charge is -2.45. The maximum absolute atomic E-state index is 15.5. The molecule has 2 bridgehead atoms. The molecule has 3 heterocycles. The third kappa shape index (κ3) is 6.33. The largest absolute Gasteiger partial charge is 0.459 e. The molecule has 3 aliphatic heterocycles. The van der Waals surface area contributed by atoms with Gasteiger partial charge in [-0.15, -0.1) is 0 Å². The third-order valence-electron chi connectivity index (χ3n) is 10.7. The van der Waals surface area contributed by atoms with Gasteiger partial charge < -0.3 is 43.4 Å². The molecule has 0 aromatic heterocycles. The molecule has 3 saturated heterocycles. The van der Waals surface area contributed by atoms with Gasteiger partial charge in [0, 0.05) is 30.3 Å². The Morgan fingerprint density at radius 1 is 1.02 bits per heavy atom. The fraction of sp³-hybridized carbons (Fsp3) is 0.848. The summed E-state index contributed by atoms with van der Waals surface area (Å²) in [5.41, 5.74) is -7.39. The van der Waals surface area contributed by atoms with Crippen LogP contribution in [0.25, 0.3) is 0 Å². The first-order chi connectivity index (χ1) is 22.5. The van der Waals surface area contributed by atoms with Crippen LogP contribution in [0, 0.1) is 23.7 Å². The van der Waals surface area contributed by atoms with Gasteiger partial charge in [0.1, 0.15) is 23.9 Å². The second kappa shape index (κ2) is 11.8. The number of halogens is 5. The van der Waals surface area contributed by atoms with Crippen LogP contribution in [-0.2, 0) is 47.5 Å². The summed E-state index contributed by atoms with van der Waals surface area (Å²) in [6.07, 6.45) is -9.42. The number of rotatable bonds is 11. The van der Waals surface area contributed by atoms with E-state index in [1.54, 1.807) is 0 Å². The van der Waals surface area contributed by atoms with Crippen molar-refractivity contribution in [1.29, 1.82) is 0 Å². The molecule has 0 spiro atoms. The van der Waals surface area contributed by atoms with Crippen molar-refractivity contribution < 1.29 is 79.7 Å². The number of carbonyl (C=O) groups is 3. The molecule has 5 fully saturated rings. The number of aliphatic hydroxyl groups is 2. The maximum atomic E-state index is 15.5. The summed E-state index contributed by atoms with van der Waals surface area (Å²) in [6.45, 7) is 12.3. The summed E-state index contributed by atoms with van der Waals surface area (Å²) in [4.78, 5) is 39.6. The Hall–Kier alpha value is -2.44. The van der Waals surface area contributed by atoms with Crippen LogP contribution < -0.4 is 0 Å². The SMILES string of the molecule is C=C(C)C(=O)OC1C2CC3C1OC(=O)C3C2C(=O)OC(CC(C)(C)OC1(C)COC(O)(C(F)(F)F)C1)C(C)(C)OC1(C)COC(C)(O)C1(F)F. The molecule has 2 saturated carbocycles. The molecule has 12 nitrogen and oxygen atoms in total.